The molecule has 23 heavy (non-hydrogen) atoms. The van der Waals surface area contributed by atoms with E-state index < -0.39 is 0 Å². The molecule has 0 unspecified atom stereocenters. The van der Waals surface area contributed by atoms with E-state index in [0.717, 1.165) is 0 Å². The van der Waals surface area contributed by atoms with Gasteiger partial charge in [-0.05, 0) is 19.3 Å². The molecule has 0 aromatic rings. The maximum Gasteiger partial charge on any atom is 0.220 e. The molecule has 0 bridgehead atoms. The summed E-state index contributed by atoms with van der Waals surface area (Å²) in [6.07, 6.45) is 3.81. The van der Waals surface area contributed by atoms with Crippen LogP contribution in [0.4, 0.5) is 0 Å². The van der Waals surface area contributed by atoms with Gasteiger partial charge in [-0.1, -0.05) is 0 Å². The van der Waals surface area contributed by atoms with Crippen LogP contribution in [0.2, 0.25) is 0 Å². The van der Waals surface area contributed by atoms with Crippen molar-refractivity contribution >= 4 is 29.0 Å². The van der Waals surface area contributed by atoms with Gasteiger partial charge in [-0.25, -0.2) is 0 Å². The molecule has 1 aliphatic rings. The van der Waals surface area contributed by atoms with Crippen molar-refractivity contribution in [3.8, 4) is 0 Å². The number of hydrogen-bond acceptors (Lipinski definition) is 5. The van der Waals surface area contributed by atoms with Gasteiger partial charge in [0.05, 0.1) is 6.54 Å². The molecule has 1 heterocycles. The van der Waals surface area contributed by atoms with Crippen LogP contribution < -0.4 is 5.32 Å². The van der Waals surface area contributed by atoms with Gasteiger partial charge in [0.15, 0.2) is 5.78 Å². The molecule has 0 atom stereocenters. The second-order valence-corrected chi connectivity index (χ2v) is 5.99. The summed E-state index contributed by atoms with van der Waals surface area (Å²) in [6, 6.07) is 0. The van der Waals surface area contributed by atoms with Crippen molar-refractivity contribution in [2.24, 2.45) is 0 Å². The number of Topliss-reactive ketones (excluding diaryl/α,β-unsaturated/α-hetero) is 4. The Labute approximate surface area is 136 Å². The maximum atomic E-state index is 11.7. The molecule has 1 saturated heterocycles. The van der Waals surface area contributed by atoms with Crippen molar-refractivity contribution in [3.05, 3.63) is 0 Å². The number of amides is 1. The predicted molar refractivity (Wildman–Crippen MR) is 83.8 cm³/mol. The van der Waals surface area contributed by atoms with Gasteiger partial charge in [0.2, 0.25) is 5.91 Å². The molecule has 0 radical (unpaired) electrons. The van der Waals surface area contributed by atoms with Crippen LogP contribution in [0.15, 0.2) is 0 Å². The van der Waals surface area contributed by atoms with Crippen LogP contribution in [0, 0.1) is 0 Å². The number of rotatable bonds is 0. The van der Waals surface area contributed by atoms with E-state index in [9.17, 15) is 24.0 Å². The molecular weight excluding hydrogens is 298 g/mol. The average molecular weight is 323 g/mol. The number of ketones is 4. The molecule has 0 aromatic heterocycles. The number of carbonyl (C=O) groups excluding carboxylic acids is 5. The molecule has 6 heteroatoms. The molecule has 1 rings (SSSR count). The lowest BCUT2D eigenvalue weighted by Crippen LogP contribution is -2.29. The highest BCUT2D eigenvalue weighted by Crippen LogP contribution is 2.09. The van der Waals surface area contributed by atoms with Crippen LogP contribution in [0.25, 0.3) is 0 Å². The molecule has 1 N–H and O–H groups in total. The monoisotopic (exact) mass is 323 g/mol. The fourth-order valence-corrected chi connectivity index (χ4v) is 2.41. The topological polar surface area (TPSA) is 97.4 Å². The van der Waals surface area contributed by atoms with Crippen molar-refractivity contribution in [3.63, 3.8) is 0 Å². The smallest absolute Gasteiger partial charge is 0.220 e. The van der Waals surface area contributed by atoms with Gasteiger partial charge < -0.3 is 5.32 Å². The molecule has 0 spiro atoms. The van der Waals surface area contributed by atoms with Crippen molar-refractivity contribution in [2.75, 3.05) is 6.54 Å². The minimum absolute atomic E-state index is 0.00522. The third-order valence-electron chi connectivity index (χ3n) is 3.87. The second-order valence-electron chi connectivity index (χ2n) is 5.99. The van der Waals surface area contributed by atoms with Crippen LogP contribution >= 0.6 is 0 Å². The van der Waals surface area contributed by atoms with E-state index in [1.165, 1.54) is 0 Å². The fourth-order valence-electron chi connectivity index (χ4n) is 2.41. The Morgan fingerprint density at radius 3 is 1.52 bits per heavy atom. The minimum Gasteiger partial charge on any atom is -0.349 e. The first-order chi connectivity index (χ1) is 11.0. The first-order valence-electron chi connectivity index (χ1n) is 8.31. The van der Waals surface area contributed by atoms with E-state index >= 15 is 0 Å². The Morgan fingerprint density at radius 2 is 0.913 bits per heavy atom. The van der Waals surface area contributed by atoms with Gasteiger partial charge in [0.25, 0.3) is 0 Å². The summed E-state index contributed by atoms with van der Waals surface area (Å²) >= 11 is 0. The van der Waals surface area contributed by atoms with Gasteiger partial charge in [-0.3, -0.25) is 24.0 Å². The lowest BCUT2D eigenvalue weighted by atomic mass is 10.0. The summed E-state index contributed by atoms with van der Waals surface area (Å²) in [5.41, 5.74) is 0. The second kappa shape index (κ2) is 10.8. The molecule has 1 aliphatic heterocycles. The van der Waals surface area contributed by atoms with Gasteiger partial charge in [-0.2, -0.15) is 0 Å². The van der Waals surface area contributed by atoms with E-state index in [0.29, 0.717) is 44.9 Å². The Hall–Kier alpha value is -1.85. The summed E-state index contributed by atoms with van der Waals surface area (Å²) < 4.78 is 0. The average Bonchev–Trinajstić information content (AvgIpc) is 2.52. The van der Waals surface area contributed by atoms with Gasteiger partial charge in [-0.15, -0.1) is 0 Å². The molecule has 0 aromatic carbocycles. The third kappa shape index (κ3) is 9.71. The van der Waals surface area contributed by atoms with Crippen molar-refractivity contribution in [2.45, 2.75) is 70.6 Å². The number of carbonyl (C=O) groups is 5. The fraction of sp³-hybridized carbons (Fsp3) is 0.706. The quantitative estimate of drug-likeness (QED) is 0.731. The Morgan fingerprint density at radius 1 is 0.478 bits per heavy atom. The summed E-state index contributed by atoms with van der Waals surface area (Å²) in [5.74, 6) is -0.429. The Balaban J connectivity index is 2.48. The summed E-state index contributed by atoms with van der Waals surface area (Å²) in [4.78, 5) is 58.1. The molecule has 128 valence electrons. The SMILES string of the molecule is O=C1CCCCC(=O)CCC(=O)NCC(=O)CCC(=O)CCC1. The van der Waals surface area contributed by atoms with Crippen molar-refractivity contribution in [1.29, 1.82) is 0 Å². The highest BCUT2D eigenvalue weighted by molar-refractivity contribution is 5.90. The van der Waals surface area contributed by atoms with Crippen molar-refractivity contribution < 1.29 is 24.0 Å². The van der Waals surface area contributed by atoms with Crippen molar-refractivity contribution in [1.82, 2.24) is 5.32 Å². The highest BCUT2D eigenvalue weighted by Gasteiger charge is 2.12. The summed E-state index contributed by atoms with van der Waals surface area (Å²) in [5, 5.41) is 2.48. The zero-order valence-corrected chi connectivity index (χ0v) is 13.5. The predicted octanol–water partition coefficient (Wildman–Crippen LogP) is 1.68. The molecule has 1 amide bonds. The summed E-state index contributed by atoms with van der Waals surface area (Å²) in [6.45, 7) is -0.0984. The standard InChI is InChI=1S/C17H25NO5/c19-13-4-1-2-5-14(20)10-11-17(23)18-12-16(22)9-8-15(21)7-3-6-13/h1-12H2,(H,18,23). The highest BCUT2D eigenvalue weighted by atomic mass is 16.2. The third-order valence-corrected chi connectivity index (χ3v) is 3.87. The Kier molecular flexibility index (Phi) is 9.02. The lowest BCUT2D eigenvalue weighted by molar-refractivity contribution is -0.127. The zero-order chi connectivity index (χ0) is 17.1. The zero-order valence-electron chi connectivity index (χ0n) is 13.5. The lowest BCUT2D eigenvalue weighted by Gasteiger charge is -2.06. The molecule has 1 fully saturated rings. The number of hydrogen-bond donors (Lipinski definition) is 1. The van der Waals surface area contributed by atoms with Crippen LogP contribution in [0.3, 0.4) is 0 Å². The van der Waals surface area contributed by atoms with E-state index in [-0.39, 0.29) is 61.3 Å². The van der Waals surface area contributed by atoms with Crippen LogP contribution in [0.1, 0.15) is 70.6 Å². The Bertz CT molecular complexity index is 470. The van der Waals surface area contributed by atoms with Crippen LogP contribution in [0.5, 0.6) is 0 Å². The first-order valence-corrected chi connectivity index (χ1v) is 8.31. The van der Waals surface area contributed by atoms with Gasteiger partial charge in [0.1, 0.15) is 17.3 Å². The van der Waals surface area contributed by atoms with E-state index in [4.69, 9.17) is 0 Å². The van der Waals surface area contributed by atoms with E-state index in [1.54, 1.807) is 0 Å². The van der Waals surface area contributed by atoms with Crippen LogP contribution in [-0.2, 0) is 24.0 Å². The molecular formula is C17H25NO5. The van der Waals surface area contributed by atoms with E-state index in [2.05, 4.69) is 5.32 Å². The normalized spacial score (nSPS) is 21.5. The van der Waals surface area contributed by atoms with Gasteiger partial charge >= 0.3 is 0 Å². The molecule has 6 nitrogen and oxygen atoms in total. The molecule has 0 saturated carbocycles. The van der Waals surface area contributed by atoms with Crippen LogP contribution in [-0.4, -0.2) is 35.6 Å². The first kappa shape index (κ1) is 19.2. The van der Waals surface area contributed by atoms with E-state index in [1.807, 2.05) is 0 Å². The molecule has 0 aliphatic carbocycles. The minimum atomic E-state index is -0.325. The maximum absolute atomic E-state index is 11.7. The number of nitrogens with one attached hydrogen (secondary N) is 1. The largest absolute Gasteiger partial charge is 0.349 e. The summed E-state index contributed by atoms with van der Waals surface area (Å²) in [7, 11) is 0. The van der Waals surface area contributed by atoms with Gasteiger partial charge in [0, 0.05) is 51.4 Å².